The molecule has 0 amide bonds. The van der Waals surface area contributed by atoms with Gasteiger partial charge in [0, 0.05) is 12.4 Å². The third-order valence-corrected chi connectivity index (χ3v) is 1.58. The number of aryl methyl sites for hydroxylation is 1. The van der Waals surface area contributed by atoms with Gasteiger partial charge in [-0.05, 0) is 12.0 Å². The number of rotatable bonds is 3. The summed E-state index contributed by atoms with van der Waals surface area (Å²) in [4.78, 5) is 13.3. The van der Waals surface area contributed by atoms with Crippen molar-refractivity contribution in [3.8, 4) is 0 Å². The van der Waals surface area contributed by atoms with Crippen LogP contribution in [0.4, 0.5) is 0 Å². The van der Waals surface area contributed by atoms with Crippen molar-refractivity contribution in [2.75, 3.05) is 0 Å². The van der Waals surface area contributed by atoms with Crippen LogP contribution < -0.4 is 0 Å². The number of hydrogen-bond donors (Lipinski definition) is 2. The minimum Gasteiger partial charge on any atom is -0.478 e. The second-order valence-electron chi connectivity index (χ2n) is 2.45. The Morgan fingerprint density at radius 3 is 2.91 bits per heavy atom. The van der Waals surface area contributed by atoms with Crippen molar-refractivity contribution in [2.45, 2.75) is 19.8 Å². The molecular formula is C8H11NO2. The first-order valence-corrected chi connectivity index (χ1v) is 3.64. The number of carboxylic acids is 1. The number of hydrogen-bond acceptors (Lipinski definition) is 1. The van der Waals surface area contributed by atoms with Gasteiger partial charge in [0.2, 0.25) is 0 Å². The molecule has 0 aliphatic carbocycles. The average molecular weight is 153 g/mol. The third-order valence-electron chi connectivity index (χ3n) is 1.58. The molecular weight excluding hydrogens is 142 g/mol. The Morgan fingerprint density at radius 1 is 1.64 bits per heavy atom. The molecule has 0 spiro atoms. The third kappa shape index (κ3) is 1.61. The largest absolute Gasteiger partial charge is 0.478 e. The van der Waals surface area contributed by atoms with Crippen LogP contribution in [0.1, 0.15) is 29.3 Å². The summed E-state index contributed by atoms with van der Waals surface area (Å²) in [6, 6.07) is 0. The fourth-order valence-corrected chi connectivity index (χ4v) is 1.07. The average Bonchev–Trinajstić information content (AvgIpc) is 2.36. The molecule has 0 atom stereocenters. The molecule has 0 unspecified atom stereocenters. The summed E-state index contributed by atoms with van der Waals surface area (Å²) in [6.45, 7) is 2.03. The van der Waals surface area contributed by atoms with E-state index in [0.29, 0.717) is 5.56 Å². The van der Waals surface area contributed by atoms with Crippen LogP contribution in [0, 0.1) is 0 Å². The SMILES string of the molecule is CCCc1c[nH]cc1C(=O)O. The quantitative estimate of drug-likeness (QED) is 0.693. The van der Waals surface area contributed by atoms with Gasteiger partial charge in [0.1, 0.15) is 0 Å². The zero-order valence-electron chi connectivity index (χ0n) is 6.42. The second kappa shape index (κ2) is 3.23. The van der Waals surface area contributed by atoms with E-state index in [4.69, 9.17) is 5.11 Å². The number of aromatic carboxylic acids is 1. The van der Waals surface area contributed by atoms with Crippen LogP contribution in [0.25, 0.3) is 0 Å². The van der Waals surface area contributed by atoms with E-state index in [1.54, 1.807) is 6.20 Å². The minimum atomic E-state index is -0.852. The number of aromatic nitrogens is 1. The van der Waals surface area contributed by atoms with Gasteiger partial charge < -0.3 is 10.1 Å². The summed E-state index contributed by atoms with van der Waals surface area (Å²) in [5.74, 6) is -0.852. The molecule has 0 saturated heterocycles. The predicted octanol–water partition coefficient (Wildman–Crippen LogP) is 1.67. The normalized spacial score (nSPS) is 9.91. The number of nitrogens with one attached hydrogen (secondary N) is 1. The van der Waals surface area contributed by atoms with Crippen LogP contribution >= 0.6 is 0 Å². The summed E-state index contributed by atoms with van der Waals surface area (Å²) < 4.78 is 0. The molecule has 0 bridgehead atoms. The molecule has 2 N–H and O–H groups in total. The lowest BCUT2D eigenvalue weighted by Gasteiger charge is -1.94. The molecule has 0 aliphatic rings. The molecule has 0 aliphatic heterocycles. The highest BCUT2D eigenvalue weighted by atomic mass is 16.4. The Labute approximate surface area is 65.1 Å². The summed E-state index contributed by atoms with van der Waals surface area (Å²) in [5.41, 5.74) is 1.28. The lowest BCUT2D eigenvalue weighted by Crippen LogP contribution is -1.98. The Bertz CT molecular complexity index is 252. The molecule has 1 heterocycles. The van der Waals surface area contributed by atoms with Gasteiger partial charge in [0.05, 0.1) is 5.56 Å². The Balaban J connectivity index is 2.87. The van der Waals surface area contributed by atoms with Gasteiger partial charge in [-0.2, -0.15) is 0 Å². The number of aromatic amines is 1. The van der Waals surface area contributed by atoms with Gasteiger partial charge in [0.15, 0.2) is 0 Å². The molecule has 0 saturated carbocycles. The Morgan fingerprint density at radius 2 is 2.36 bits per heavy atom. The summed E-state index contributed by atoms with van der Waals surface area (Å²) in [7, 11) is 0. The first kappa shape index (κ1) is 7.85. The van der Waals surface area contributed by atoms with Crippen molar-refractivity contribution in [3.63, 3.8) is 0 Å². The summed E-state index contributed by atoms with van der Waals surface area (Å²) >= 11 is 0. The molecule has 0 fully saturated rings. The lowest BCUT2D eigenvalue weighted by atomic mass is 10.1. The number of carbonyl (C=O) groups is 1. The van der Waals surface area contributed by atoms with Crippen molar-refractivity contribution >= 4 is 5.97 Å². The maximum atomic E-state index is 10.5. The maximum Gasteiger partial charge on any atom is 0.337 e. The monoisotopic (exact) mass is 153 g/mol. The van der Waals surface area contributed by atoms with Crippen LogP contribution in [0.3, 0.4) is 0 Å². The van der Waals surface area contributed by atoms with Crippen molar-refractivity contribution in [2.24, 2.45) is 0 Å². The molecule has 0 aromatic carbocycles. The highest BCUT2D eigenvalue weighted by Crippen LogP contribution is 2.09. The van der Waals surface area contributed by atoms with Crippen molar-refractivity contribution < 1.29 is 9.90 Å². The zero-order chi connectivity index (χ0) is 8.27. The highest BCUT2D eigenvalue weighted by Gasteiger charge is 2.08. The zero-order valence-corrected chi connectivity index (χ0v) is 6.42. The molecule has 1 aromatic heterocycles. The molecule has 3 heteroatoms. The van der Waals surface area contributed by atoms with Crippen LogP contribution in [0.2, 0.25) is 0 Å². The first-order valence-electron chi connectivity index (χ1n) is 3.64. The van der Waals surface area contributed by atoms with Gasteiger partial charge in [-0.15, -0.1) is 0 Å². The van der Waals surface area contributed by atoms with Gasteiger partial charge in [-0.3, -0.25) is 0 Å². The number of carboxylic acid groups (broad SMARTS) is 1. The van der Waals surface area contributed by atoms with E-state index >= 15 is 0 Å². The lowest BCUT2D eigenvalue weighted by molar-refractivity contribution is 0.0696. The molecule has 0 radical (unpaired) electrons. The molecule has 1 aromatic rings. The Hall–Kier alpha value is -1.25. The number of H-pyrrole nitrogens is 1. The van der Waals surface area contributed by atoms with Gasteiger partial charge >= 0.3 is 5.97 Å². The van der Waals surface area contributed by atoms with Crippen LogP contribution in [-0.4, -0.2) is 16.1 Å². The van der Waals surface area contributed by atoms with Crippen LogP contribution in [0.5, 0.6) is 0 Å². The Kier molecular flexibility index (Phi) is 2.31. The highest BCUT2D eigenvalue weighted by molar-refractivity contribution is 5.89. The fraction of sp³-hybridized carbons (Fsp3) is 0.375. The minimum absolute atomic E-state index is 0.395. The maximum absolute atomic E-state index is 10.5. The standard InChI is InChI=1S/C8H11NO2/c1-2-3-6-4-9-5-7(6)8(10)11/h4-5,9H,2-3H2,1H3,(H,10,11). The van der Waals surface area contributed by atoms with Gasteiger partial charge in [-0.1, -0.05) is 13.3 Å². The smallest absolute Gasteiger partial charge is 0.337 e. The molecule has 1 rings (SSSR count). The molecule has 3 nitrogen and oxygen atoms in total. The van der Waals surface area contributed by atoms with E-state index < -0.39 is 5.97 Å². The fourth-order valence-electron chi connectivity index (χ4n) is 1.07. The van der Waals surface area contributed by atoms with Crippen molar-refractivity contribution in [3.05, 3.63) is 23.5 Å². The second-order valence-corrected chi connectivity index (χ2v) is 2.45. The van der Waals surface area contributed by atoms with E-state index in [-0.39, 0.29) is 0 Å². The first-order chi connectivity index (χ1) is 5.25. The van der Waals surface area contributed by atoms with Crippen LogP contribution in [-0.2, 0) is 6.42 Å². The van der Waals surface area contributed by atoms with E-state index in [0.717, 1.165) is 18.4 Å². The van der Waals surface area contributed by atoms with Gasteiger partial charge in [0.25, 0.3) is 0 Å². The summed E-state index contributed by atoms with van der Waals surface area (Å²) in [5, 5.41) is 8.66. The van der Waals surface area contributed by atoms with E-state index in [9.17, 15) is 4.79 Å². The molecule has 60 valence electrons. The summed E-state index contributed by atoms with van der Waals surface area (Å²) in [6.07, 6.45) is 5.06. The van der Waals surface area contributed by atoms with E-state index in [2.05, 4.69) is 4.98 Å². The van der Waals surface area contributed by atoms with Crippen molar-refractivity contribution in [1.82, 2.24) is 4.98 Å². The molecule has 11 heavy (non-hydrogen) atoms. The van der Waals surface area contributed by atoms with Crippen LogP contribution in [0.15, 0.2) is 12.4 Å². The van der Waals surface area contributed by atoms with Crippen molar-refractivity contribution in [1.29, 1.82) is 0 Å². The van der Waals surface area contributed by atoms with Gasteiger partial charge in [-0.25, -0.2) is 4.79 Å². The van der Waals surface area contributed by atoms with E-state index in [1.165, 1.54) is 6.20 Å². The topological polar surface area (TPSA) is 53.1 Å². The van der Waals surface area contributed by atoms with E-state index in [1.807, 2.05) is 6.92 Å². The predicted molar refractivity (Wildman–Crippen MR) is 41.7 cm³/mol.